The zero-order valence-electron chi connectivity index (χ0n) is 14.9. The van der Waals surface area contributed by atoms with Gasteiger partial charge < -0.3 is 15.3 Å². The van der Waals surface area contributed by atoms with E-state index < -0.39 is 11.5 Å². The molecule has 2 aromatic carbocycles. The standard InChI is InChI=1S/C20H21FN2O3/c1-12(2)20(3)19(26)22-16-10-14(18(24)25)6-9-17(16)23(20)11-13-4-7-15(21)8-5-13/h4-10,12H,11H2,1-3H3,(H,22,26)(H,24,25). The first-order chi connectivity index (χ1) is 12.2. The maximum atomic E-state index is 13.2. The Labute approximate surface area is 151 Å². The maximum absolute atomic E-state index is 13.2. The lowest BCUT2D eigenvalue weighted by Gasteiger charge is -2.48. The lowest BCUT2D eigenvalue weighted by atomic mass is 9.82. The smallest absolute Gasteiger partial charge is 0.335 e. The van der Waals surface area contributed by atoms with Crippen LogP contribution in [0.2, 0.25) is 0 Å². The van der Waals surface area contributed by atoms with Crippen molar-refractivity contribution in [1.29, 1.82) is 0 Å². The Morgan fingerprint density at radius 2 is 1.88 bits per heavy atom. The predicted octanol–water partition coefficient (Wildman–Crippen LogP) is 3.90. The molecule has 1 unspecified atom stereocenters. The van der Waals surface area contributed by atoms with Crippen LogP contribution in [0.25, 0.3) is 0 Å². The zero-order chi connectivity index (χ0) is 19.1. The van der Waals surface area contributed by atoms with Gasteiger partial charge in [0.05, 0.1) is 16.9 Å². The molecule has 0 aromatic heterocycles. The quantitative estimate of drug-likeness (QED) is 0.872. The monoisotopic (exact) mass is 356 g/mol. The van der Waals surface area contributed by atoms with Crippen LogP contribution in [-0.4, -0.2) is 22.5 Å². The van der Waals surface area contributed by atoms with Crippen LogP contribution in [0.4, 0.5) is 15.8 Å². The fourth-order valence-corrected chi connectivity index (χ4v) is 3.22. The second kappa shape index (κ2) is 6.44. The van der Waals surface area contributed by atoms with Gasteiger partial charge in [-0.05, 0) is 48.7 Å². The first kappa shape index (κ1) is 17.9. The van der Waals surface area contributed by atoms with Crippen LogP contribution in [0.1, 0.15) is 36.7 Å². The number of carboxylic acids is 1. The zero-order valence-corrected chi connectivity index (χ0v) is 14.9. The van der Waals surface area contributed by atoms with E-state index in [4.69, 9.17) is 0 Å². The van der Waals surface area contributed by atoms with Crippen molar-refractivity contribution < 1.29 is 19.1 Å². The second-order valence-corrected chi connectivity index (χ2v) is 7.01. The summed E-state index contributed by atoms with van der Waals surface area (Å²) >= 11 is 0. The van der Waals surface area contributed by atoms with E-state index in [2.05, 4.69) is 5.32 Å². The van der Waals surface area contributed by atoms with Gasteiger partial charge in [0.1, 0.15) is 11.4 Å². The summed E-state index contributed by atoms with van der Waals surface area (Å²) in [6.45, 7) is 6.20. The maximum Gasteiger partial charge on any atom is 0.335 e. The topological polar surface area (TPSA) is 69.6 Å². The molecule has 0 radical (unpaired) electrons. The van der Waals surface area contributed by atoms with Gasteiger partial charge in [-0.25, -0.2) is 9.18 Å². The number of nitrogens with zero attached hydrogens (tertiary/aromatic N) is 1. The third-order valence-electron chi connectivity index (χ3n) is 5.18. The number of hydrogen-bond acceptors (Lipinski definition) is 3. The molecule has 2 N–H and O–H groups in total. The van der Waals surface area contributed by atoms with Crippen LogP contribution in [-0.2, 0) is 11.3 Å². The number of carboxylic acid groups (broad SMARTS) is 1. The molecule has 0 aliphatic carbocycles. The van der Waals surface area contributed by atoms with Gasteiger partial charge in [-0.2, -0.15) is 0 Å². The molecular formula is C20H21FN2O3. The van der Waals surface area contributed by atoms with E-state index in [1.165, 1.54) is 24.3 Å². The highest BCUT2D eigenvalue weighted by molar-refractivity contribution is 6.07. The molecule has 5 nitrogen and oxygen atoms in total. The highest BCUT2D eigenvalue weighted by Crippen LogP contribution is 2.41. The van der Waals surface area contributed by atoms with Gasteiger partial charge in [0.25, 0.3) is 0 Å². The van der Waals surface area contributed by atoms with E-state index in [0.717, 1.165) is 11.3 Å². The number of carbonyl (C=O) groups is 2. The van der Waals surface area contributed by atoms with E-state index in [-0.39, 0.29) is 23.2 Å². The van der Waals surface area contributed by atoms with Crippen LogP contribution >= 0.6 is 0 Å². The van der Waals surface area contributed by atoms with Crippen LogP contribution in [0.3, 0.4) is 0 Å². The van der Waals surface area contributed by atoms with Crippen LogP contribution in [0.5, 0.6) is 0 Å². The Morgan fingerprint density at radius 3 is 2.46 bits per heavy atom. The van der Waals surface area contributed by atoms with Gasteiger partial charge in [-0.15, -0.1) is 0 Å². The lowest BCUT2D eigenvalue weighted by Crippen LogP contribution is -2.60. The number of rotatable bonds is 4. The third-order valence-corrected chi connectivity index (χ3v) is 5.18. The fraction of sp³-hybridized carbons (Fsp3) is 0.300. The molecule has 1 aliphatic heterocycles. The molecule has 0 saturated carbocycles. The molecule has 1 atom stereocenters. The molecule has 0 saturated heterocycles. The highest BCUT2D eigenvalue weighted by Gasteiger charge is 2.46. The first-order valence-electron chi connectivity index (χ1n) is 8.44. The molecule has 1 heterocycles. The van der Waals surface area contributed by atoms with Crippen molar-refractivity contribution in [3.05, 3.63) is 59.4 Å². The Balaban J connectivity index is 2.11. The molecular weight excluding hydrogens is 335 g/mol. The van der Waals surface area contributed by atoms with E-state index >= 15 is 0 Å². The van der Waals surface area contributed by atoms with Crippen molar-refractivity contribution in [3.63, 3.8) is 0 Å². The summed E-state index contributed by atoms with van der Waals surface area (Å²) in [5, 5.41) is 12.1. The van der Waals surface area contributed by atoms with Crippen molar-refractivity contribution in [2.45, 2.75) is 32.9 Å². The SMILES string of the molecule is CC(C)C1(C)C(=O)Nc2cc(C(=O)O)ccc2N1Cc1ccc(F)cc1. The Hall–Kier alpha value is -2.89. The minimum Gasteiger partial charge on any atom is -0.478 e. The number of nitrogens with one attached hydrogen (secondary N) is 1. The second-order valence-electron chi connectivity index (χ2n) is 7.01. The summed E-state index contributed by atoms with van der Waals surface area (Å²) in [7, 11) is 0. The van der Waals surface area contributed by atoms with Gasteiger partial charge in [0.2, 0.25) is 5.91 Å². The highest BCUT2D eigenvalue weighted by atomic mass is 19.1. The van der Waals surface area contributed by atoms with E-state index in [0.29, 0.717) is 12.2 Å². The first-order valence-corrected chi connectivity index (χ1v) is 8.44. The fourth-order valence-electron chi connectivity index (χ4n) is 3.22. The van der Waals surface area contributed by atoms with E-state index in [1.807, 2.05) is 25.7 Å². The van der Waals surface area contributed by atoms with Crippen molar-refractivity contribution in [2.75, 3.05) is 10.2 Å². The largest absolute Gasteiger partial charge is 0.478 e. The average Bonchev–Trinajstić information content (AvgIpc) is 2.59. The number of benzene rings is 2. The van der Waals surface area contributed by atoms with Crippen molar-refractivity contribution in [1.82, 2.24) is 0 Å². The van der Waals surface area contributed by atoms with Crippen molar-refractivity contribution in [3.8, 4) is 0 Å². The number of anilines is 2. The van der Waals surface area contributed by atoms with Crippen molar-refractivity contribution >= 4 is 23.3 Å². The number of amides is 1. The molecule has 136 valence electrons. The van der Waals surface area contributed by atoms with Gasteiger partial charge in [0, 0.05) is 6.54 Å². The van der Waals surface area contributed by atoms with Gasteiger partial charge in [-0.1, -0.05) is 26.0 Å². The number of fused-ring (bicyclic) bond motifs is 1. The molecule has 1 aliphatic rings. The van der Waals surface area contributed by atoms with Gasteiger partial charge >= 0.3 is 5.97 Å². The average molecular weight is 356 g/mol. The van der Waals surface area contributed by atoms with Crippen LogP contribution in [0.15, 0.2) is 42.5 Å². The minimum atomic E-state index is -1.05. The van der Waals surface area contributed by atoms with Gasteiger partial charge in [0.15, 0.2) is 0 Å². The normalized spacial score (nSPS) is 19.3. The van der Waals surface area contributed by atoms with E-state index in [9.17, 15) is 19.1 Å². The summed E-state index contributed by atoms with van der Waals surface area (Å²) in [5.74, 6) is -1.56. The Bertz CT molecular complexity index is 864. The molecule has 0 spiro atoms. The lowest BCUT2D eigenvalue weighted by molar-refractivity contribution is -0.122. The number of halogens is 1. The predicted molar refractivity (Wildman–Crippen MR) is 97.9 cm³/mol. The van der Waals surface area contributed by atoms with E-state index in [1.54, 1.807) is 18.2 Å². The van der Waals surface area contributed by atoms with Crippen LogP contribution < -0.4 is 10.2 Å². The molecule has 0 fully saturated rings. The number of carbonyl (C=O) groups excluding carboxylic acids is 1. The molecule has 6 heteroatoms. The summed E-state index contributed by atoms with van der Waals surface area (Å²) in [6, 6.07) is 10.9. The molecule has 26 heavy (non-hydrogen) atoms. The number of aromatic carboxylic acids is 1. The van der Waals surface area contributed by atoms with Gasteiger partial charge in [-0.3, -0.25) is 4.79 Å². The molecule has 3 rings (SSSR count). The molecule has 2 aromatic rings. The van der Waals surface area contributed by atoms with Crippen LogP contribution in [0, 0.1) is 11.7 Å². The minimum absolute atomic E-state index is 0.00440. The summed E-state index contributed by atoms with van der Waals surface area (Å²) in [6.07, 6.45) is 0. The Morgan fingerprint density at radius 1 is 1.23 bits per heavy atom. The molecule has 0 bridgehead atoms. The summed E-state index contributed by atoms with van der Waals surface area (Å²) in [4.78, 5) is 26.1. The molecule has 1 amide bonds. The van der Waals surface area contributed by atoms with Crippen molar-refractivity contribution in [2.24, 2.45) is 5.92 Å². The Kier molecular flexibility index (Phi) is 4.44. The summed E-state index contributed by atoms with van der Waals surface area (Å²) in [5.41, 5.74) is 1.36. The number of hydrogen-bond donors (Lipinski definition) is 2. The summed E-state index contributed by atoms with van der Waals surface area (Å²) < 4.78 is 13.2. The third kappa shape index (κ3) is 2.92.